The number of carbonyl (C=O) groups excluding carboxylic acids is 1. The first kappa shape index (κ1) is 18.7. The number of likely N-dealkylation sites (N-methyl/N-ethyl adjacent to an activating group) is 1. The summed E-state index contributed by atoms with van der Waals surface area (Å²) < 4.78 is 18.6. The van der Waals surface area contributed by atoms with E-state index < -0.39 is 0 Å². The maximum atomic E-state index is 13.5. The number of benzene rings is 1. The molecule has 1 aromatic carbocycles. The van der Waals surface area contributed by atoms with Crippen molar-refractivity contribution in [1.29, 1.82) is 0 Å². The number of ether oxygens (including phenoxy) is 1. The van der Waals surface area contributed by atoms with Gasteiger partial charge in [-0.1, -0.05) is 6.07 Å². The molecule has 24 heavy (non-hydrogen) atoms. The smallest absolute Gasteiger partial charge is 0.236 e. The molecule has 1 atom stereocenters. The molecule has 1 aliphatic rings. The van der Waals surface area contributed by atoms with Gasteiger partial charge < -0.3 is 15.0 Å². The molecule has 0 unspecified atom stereocenters. The Morgan fingerprint density at radius 1 is 1.42 bits per heavy atom. The summed E-state index contributed by atoms with van der Waals surface area (Å²) >= 11 is 0. The summed E-state index contributed by atoms with van der Waals surface area (Å²) in [4.78, 5) is 15.6. The van der Waals surface area contributed by atoms with Gasteiger partial charge in [0.15, 0.2) is 11.6 Å². The molecule has 134 valence electrons. The number of methoxy groups -OCH3 is 1. The van der Waals surface area contributed by atoms with Crippen molar-refractivity contribution >= 4 is 5.91 Å². The van der Waals surface area contributed by atoms with Crippen molar-refractivity contribution in [2.24, 2.45) is 0 Å². The Morgan fingerprint density at radius 2 is 2.08 bits per heavy atom. The molecule has 1 aliphatic heterocycles. The van der Waals surface area contributed by atoms with E-state index in [1.165, 1.54) is 13.2 Å². The normalized spacial score (nSPS) is 17.5. The van der Waals surface area contributed by atoms with Crippen molar-refractivity contribution < 1.29 is 13.9 Å². The van der Waals surface area contributed by atoms with Gasteiger partial charge in [0.05, 0.1) is 13.7 Å². The quantitative estimate of drug-likeness (QED) is 0.863. The van der Waals surface area contributed by atoms with E-state index in [0.29, 0.717) is 12.6 Å². The van der Waals surface area contributed by atoms with Gasteiger partial charge in [-0.25, -0.2) is 4.39 Å². The third-order valence-electron chi connectivity index (χ3n) is 4.61. The highest BCUT2D eigenvalue weighted by Gasteiger charge is 2.23. The highest BCUT2D eigenvalue weighted by Crippen LogP contribution is 2.24. The summed E-state index contributed by atoms with van der Waals surface area (Å²) in [6, 6.07) is 5.52. The molecular formula is C18H28FN3O2. The van der Waals surface area contributed by atoms with Crippen LogP contribution in [0, 0.1) is 5.82 Å². The predicted molar refractivity (Wildman–Crippen MR) is 92.7 cm³/mol. The monoisotopic (exact) mass is 337 g/mol. The van der Waals surface area contributed by atoms with Gasteiger partial charge in [0.2, 0.25) is 5.91 Å². The van der Waals surface area contributed by atoms with E-state index in [9.17, 15) is 9.18 Å². The zero-order chi connectivity index (χ0) is 17.7. The number of carbonyl (C=O) groups is 1. The Kier molecular flexibility index (Phi) is 6.57. The highest BCUT2D eigenvalue weighted by molar-refractivity contribution is 5.77. The molecule has 2 rings (SSSR count). The van der Waals surface area contributed by atoms with Gasteiger partial charge in [-0.05, 0) is 37.5 Å². The van der Waals surface area contributed by atoms with Crippen molar-refractivity contribution in [2.45, 2.75) is 31.8 Å². The number of amides is 1. The minimum Gasteiger partial charge on any atom is -0.494 e. The van der Waals surface area contributed by atoms with E-state index in [2.05, 4.69) is 17.1 Å². The first-order chi connectivity index (χ1) is 11.4. The van der Waals surface area contributed by atoms with E-state index in [0.717, 1.165) is 31.5 Å². The number of nitrogens with one attached hydrogen (secondary N) is 1. The fourth-order valence-corrected chi connectivity index (χ4v) is 2.99. The highest BCUT2D eigenvalue weighted by atomic mass is 19.1. The van der Waals surface area contributed by atoms with Crippen LogP contribution in [0.1, 0.15) is 31.4 Å². The molecule has 0 radical (unpaired) electrons. The molecule has 1 amide bonds. The number of rotatable bonds is 6. The summed E-state index contributed by atoms with van der Waals surface area (Å²) in [5.74, 6) is 0.0821. The van der Waals surface area contributed by atoms with E-state index in [1.807, 2.05) is 0 Å². The van der Waals surface area contributed by atoms with Crippen molar-refractivity contribution in [3.8, 4) is 5.75 Å². The molecule has 1 N–H and O–H groups in total. The fraction of sp³-hybridized carbons (Fsp3) is 0.611. The van der Waals surface area contributed by atoms with Crippen LogP contribution in [0.25, 0.3) is 0 Å². The minimum atomic E-state index is -0.340. The maximum Gasteiger partial charge on any atom is 0.236 e. The minimum absolute atomic E-state index is 0.124. The van der Waals surface area contributed by atoms with Crippen LogP contribution in [0.2, 0.25) is 0 Å². The van der Waals surface area contributed by atoms with Crippen LogP contribution in [-0.2, 0) is 4.79 Å². The Hall–Kier alpha value is -1.66. The predicted octanol–water partition coefficient (Wildman–Crippen LogP) is 2.04. The molecule has 1 aromatic rings. The molecular weight excluding hydrogens is 309 g/mol. The first-order valence-corrected chi connectivity index (χ1v) is 8.42. The number of nitrogens with zero attached hydrogens (tertiary/aromatic N) is 2. The molecule has 1 saturated heterocycles. The van der Waals surface area contributed by atoms with Crippen molar-refractivity contribution in [2.75, 3.05) is 40.8 Å². The number of likely N-dealkylation sites (tertiary alicyclic amines) is 1. The second-order valence-corrected chi connectivity index (χ2v) is 6.62. The number of hydrogen-bond acceptors (Lipinski definition) is 4. The fourth-order valence-electron chi connectivity index (χ4n) is 2.99. The Bertz CT molecular complexity index is 557. The molecule has 6 heteroatoms. The Balaban J connectivity index is 1.84. The second kappa shape index (κ2) is 8.44. The van der Waals surface area contributed by atoms with Gasteiger partial charge in [-0.2, -0.15) is 0 Å². The zero-order valence-corrected chi connectivity index (χ0v) is 15.0. The van der Waals surface area contributed by atoms with E-state index in [4.69, 9.17) is 4.74 Å². The van der Waals surface area contributed by atoms with E-state index in [-0.39, 0.29) is 23.5 Å². The van der Waals surface area contributed by atoms with Crippen LogP contribution in [-0.4, -0.2) is 62.6 Å². The first-order valence-electron chi connectivity index (χ1n) is 8.42. The number of piperidine rings is 1. The second-order valence-electron chi connectivity index (χ2n) is 6.62. The van der Waals surface area contributed by atoms with Crippen LogP contribution >= 0.6 is 0 Å². The van der Waals surface area contributed by atoms with Gasteiger partial charge in [0.25, 0.3) is 0 Å². The molecule has 5 nitrogen and oxygen atoms in total. The summed E-state index contributed by atoms with van der Waals surface area (Å²) in [5, 5.41) is 3.60. The average molecular weight is 337 g/mol. The molecule has 1 heterocycles. The van der Waals surface area contributed by atoms with Gasteiger partial charge in [0, 0.05) is 39.3 Å². The molecule has 0 aliphatic carbocycles. The van der Waals surface area contributed by atoms with Crippen LogP contribution in [0.15, 0.2) is 18.2 Å². The average Bonchev–Trinajstić information content (AvgIpc) is 2.56. The largest absolute Gasteiger partial charge is 0.494 e. The lowest BCUT2D eigenvalue weighted by atomic mass is 10.0. The van der Waals surface area contributed by atoms with Crippen LogP contribution in [0.3, 0.4) is 0 Å². The zero-order valence-electron chi connectivity index (χ0n) is 15.0. The van der Waals surface area contributed by atoms with Gasteiger partial charge >= 0.3 is 0 Å². The third kappa shape index (κ3) is 4.92. The van der Waals surface area contributed by atoms with E-state index in [1.54, 1.807) is 31.1 Å². The standard InChI is InChI=1S/C18H28FN3O2/c1-13(14-5-6-16(19)17(11-14)24-4)20-15-7-9-22(10-8-15)12-18(23)21(2)3/h5-6,11,13,15,20H,7-10,12H2,1-4H3/t13-/m0/s1. The van der Waals surface area contributed by atoms with Crippen molar-refractivity contribution in [3.05, 3.63) is 29.6 Å². The Labute approximate surface area is 143 Å². The lowest BCUT2D eigenvalue weighted by Gasteiger charge is -2.34. The Morgan fingerprint density at radius 3 is 2.67 bits per heavy atom. The molecule has 0 saturated carbocycles. The maximum absolute atomic E-state index is 13.5. The SMILES string of the molecule is COc1cc([C@H](C)NC2CCN(CC(=O)N(C)C)CC2)ccc1F. The molecule has 0 spiro atoms. The molecule has 0 bridgehead atoms. The van der Waals surface area contributed by atoms with Gasteiger partial charge in [-0.3, -0.25) is 9.69 Å². The van der Waals surface area contributed by atoms with Gasteiger partial charge in [0.1, 0.15) is 0 Å². The lowest BCUT2D eigenvalue weighted by Crippen LogP contribution is -2.46. The van der Waals surface area contributed by atoms with Crippen LogP contribution < -0.4 is 10.1 Å². The van der Waals surface area contributed by atoms with E-state index >= 15 is 0 Å². The molecule has 1 fully saturated rings. The summed E-state index contributed by atoms with van der Waals surface area (Å²) in [5.41, 5.74) is 1.01. The molecule has 0 aromatic heterocycles. The number of hydrogen-bond donors (Lipinski definition) is 1. The van der Waals surface area contributed by atoms with Crippen molar-refractivity contribution in [1.82, 2.24) is 15.1 Å². The summed E-state index contributed by atoms with van der Waals surface area (Å²) in [6.07, 6.45) is 2.01. The third-order valence-corrected chi connectivity index (χ3v) is 4.61. The topological polar surface area (TPSA) is 44.8 Å². The van der Waals surface area contributed by atoms with Crippen LogP contribution in [0.4, 0.5) is 4.39 Å². The summed E-state index contributed by atoms with van der Waals surface area (Å²) in [6.45, 7) is 4.40. The summed E-state index contributed by atoms with van der Waals surface area (Å²) in [7, 11) is 5.05. The number of halogens is 1. The van der Waals surface area contributed by atoms with Crippen LogP contribution in [0.5, 0.6) is 5.75 Å². The van der Waals surface area contributed by atoms with Gasteiger partial charge in [-0.15, -0.1) is 0 Å². The van der Waals surface area contributed by atoms with Crippen molar-refractivity contribution in [3.63, 3.8) is 0 Å². The lowest BCUT2D eigenvalue weighted by molar-refractivity contribution is -0.130.